The normalized spacial score (nSPS) is 22.3. The first-order chi connectivity index (χ1) is 5.93. The highest BCUT2D eigenvalue weighted by atomic mass is 14.9. The molecule has 2 heteroatoms. The summed E-state index contributed by atoms with van der Waals surface area (Å²) in [5.41, 5.74) is 4.47. The first kappa shape index (κ1) is 6.72. The lowest BCUT2D eigenvalue weighted by atomic mass is 10.1. The smallest absolute Gasteiger partial charge is 0.0223 e. The number of aromatic nitrogens is 1. The maximum absolute atomic E-state index is 3.56. The van der Waals surface area contributed by atoms with Gasteiger partial charge in [0.2, 0.25) is 0 Å². The summed E-state index contributed by atoms with van der Waals surface area (Å²) in [6.07, 6.45) is 3.97. The van der Waals surface area contributed by atoms with Crippen molar-refractivity contribution in [2.75, 3.05) is 6.54 Å². The average molecular weight is 162 g/mol. The molecule has 2 heterocycles. The van der Waals surface area contributed by atoms with E-state index in [0.29, 0.717) is 0 Å². The van der Waals surface area contributed by atoms with Gasteiger partial charge in [-0.05, 0) is 30.4 Å². The SMILES string of the molecule is c1c(C2CC2)[nH]c2c1CNCC2. The Morgan fingerprint density at radius 3 is 3.00 bits per heavy atom. The fourth-order valence-corrected chi connectivity index (χ4v) is 2.00. The van der Waals surface area contributed by atoms with Gasteiger partial charge in [-0.1, -0.05) is 0 Å². The molecule has 64 valence electrons. The molecule has 0 spiro atoms. The Morgan fingerprint density at radius 2 is 2.25 bits per heavy atom. The third-order valence-corrected chi connectivity index (χ3v) is 2.90. The average Bonchev–Trinajstić information content (AvgIpc) is 2.85. The Labute approximate surface area is 72.4 Å². The van der Waals surface area contributed by atoms with Crippen LogP contribution in [-0.4, -0.2) is 11.5 Å². The number of fused-ring (bicyclic) bond motifs is 1. The standard InChI is InChI=1S/C10H14N2/c1-2-7(1)10-5-8-6-11-4-3-9(8)12-10/h5,7,11-12H,1-4,6H2. The zero-order valence-electron chi connectivity index (χ0n) is 7.19. The van der Waals surface area contributed by atoms with E-state index in [-0.39, 0.29) is 0 Å². The number of rotatable bonds is 1. The zero-order chi connectivity index (χ0) is 7.97. The van der Waals surface area contributed by atoms with Crippen molar-refractivity contribution in [2.24, 2.45) is 0 Å². The first-order valence-corrected chi connectivity index (χ1v) is 4.85. The van der Waals surface area contributed by atoms with Gasteiger partial charge < -0.3 is 10.3 Å². The molecule has 3 rings (SSSR count). The lowest BCUT2D eigenvalue weighted by molar-refractivity contribution is 0.637. The Balaban J connectivity index is 1.97. The number of aromatic amines is 1. The summed E-state index contributed by atoms with van der Waals surface area (Å²) >= 11 is 0. The van der Waals surface area contributed by atoms with Crippen LogP contribution in [-0.2, 0) is 13.0 Å². The fraction of sp³-hybridized carbons (Fsp3) is 0.600. The summed E-state index contributed by atoms with van der Waals surface area (Å²) in [6.45, 7) is 2.20. The van der Waals surface area contributed by atoms with Crippen molar-refractivity contribution in [3.05, 3.63) is 23.0 Å². The Morgan fingerprint density at radius 1 is 1.33 bits per heavy atom. The summed E-state index contributed by atoms with van der Waals surface area (Å²) in [6, 6.07) is 2.36. The minimum absolute atomic E-state index is 0.871. The molecule has 0 atom stereocenters. The number of hydrogen-bond donors (Lipinski definition) is 2. The van der Waals surface area contributed by atoms with Gasteiger partial charge in [-0.2, -0.15) is 0 Å². The molecule has 0 radical (unpaired) electrons. The molecular weight excluding hydrogens is 148 g/mol. The molecule has 1 aliphatic heterocycles. The second-order valence-electron chi connectivity index (χ2n) is 3.93. The van der Waals surface area contributed by atoms with E-state index in [2.05, 4.69) is 16.4 Å². The minimum Gasteiger partial charge on any atom is -0.362 e. The summed E-state index contributed by atoms with van der Waals surface area (Å²) < 4.78 is 0. The molecule has 1 aromatic rings. The van der Waals surface area contributed by atoms with Crippen molar-refractivity contribution in [1.82, 2.24) is 10.3 Å². The van der Waals surface area contributed by atoms with Gasteiger partial charge in [0.15, 0.2) is 0 Å². The highest BCUT2D eigenvalue weighted by molar-refractivity contribution is 5.31. The van der Waals surface area contributed by atoms with Crippen molar-refractivity contribution in [3.8, 4) is 0 Å². The summed E-state index contributed by atoms with van der Waals surface area (Å²) in [5.74, 6) is 0.871. The lowest BCUT2D eigenvalue weighted by Gasteiger charge is -2.11. The highest BCUT2D eigenvalue weighted by Crippen LogP contribution is 2.40. The van der Waals surface area contributed by atoms with E-state index in [0.717, 1.165) is 19.0 Å². The van der Waals surface area contributed by atoms with Gasteiger partial charge >= 0.3 is 0 Å². The Hall–Kier alpha value is -0.760. The zero-order valence-corrected chi connectivity index (χ0v) is 7.19. The maximum atomic E-state index is 3.56. The second-order valence-corrected chi connectivity index (χ2v) is 3.93. The van der Waals surface area contributed by atoms with Crippen molar-refractivity contribution in [2.45, 2.75) is 31.7 Å². The molecule has 0 bridgehead atoms. The van der Waals surface area contributed by atoms with E-state index in [1.165, 1.54) is 36.2 Å². The molecule has 2 N–H and O–H groups in total. The molecule has 1 fully saturated rings. The molecule has 0 saturated heterocycles. The Kier molecular flexibility index (Phi) is 1.32. The third-order valence-electron chi connectivity index (χ3n) is 2.90. The van der Waals surface area contributed by atoms with E-state index in [1.54, 1.807) is 0 Å². The molecule has 1 aliphatic carbocycles. The molecular formula is C10H14N2. The van der Waals surface area contributed by atoms with Gasteiger partial charge in [0.1, 0.15) is 0 Å². The minimum atomic E-state index is 0.871. The van der Waals surface area contributed by atoms with Gasteiger partial charge in [-0.25, -0.2) is 0 Å². The van der Waals surface area contributed by atoms with Gasteiger partial charge in [0.25, 0.3) is 0 Å². The van der Waals surface area contributed by atoms with Gasteiger partial charge in [-0.3, -0.25) is 0 Å². The summed E-state index contributed by atoms with van der Waals surface area (Å²) in [4.78, 5) is 3.56. The topological polar surface area (TPSA) is 27.8 Å². The van der Waals surface area contributed by atoms with Crippen molar-refractivity contribution < 1.29 is 0 Å². The van der Waals surface area contributed by atoms with Crippen molar-refractivity contribution in [1.29, 1.82) is 0 Å². The van der Waals surface area contributed by atoms with Crippen LogP contribution in [0.3, 0.4) is 0 Å². The van der Waals surface area contributed by atoms with Crippen LogP contribution in [0.2, 0.25) is 0 Å². The molecule has 2 nitrogen and oxygen atoms in total. The summed E-state index contributed by atoms with van der Waals surface area (Å²) in [5, 5.41) is 3.39. The number of H-pyrrole nitrogens is 1. The van der Waals surface area contributed by atoms with Crippen LogP contribution in [0.15, 0.2) is 6.07 Å². The molecule has 1 saturated carbocycles. The highest BCUT2D eigenvalue weighted by Gasteiger charge is 2.26. The maximum Gasteiger partial charge on any atom is 0.0223 e. The fourth-order valence-electron chi connectivity index (χ4n) is 2.00. The largest absolute Gasteiger partial charge is 0.362 e. The van der Waals surface area contributed by atoms with E-state index in [9.17, 15) is 0 Å². The van der Waals surface area contributed by atoms with Crippen LogP contribution < -0.4 is 5.32 Å². The van der Waals surface area contributed by atoms with E-state index in [1.807, 2.05) is 0 Å². The van der Waals surface area contributed by atoms with Crippen LogP contribution in [0.1, 0.15) is 35.7 Å². The van der Waals surface area contributed by atoms with E-state index in [4.69, 9.17) is 0 Å². The molecule has 0 amide bonds. The van der Waals surface area contributed by atoms with Gasteiger partial charge in [0.05, 0.1) is 0 Å². The predicted molar refractivity (Wildman–Crippen MR) is 48.2 cm³/mol. The molecule has 0 aromatic carbocycles. The predicted octanol–water partition coefficient (Wildman–Crippen LogP) is 1.54. The molecule has 12 heavy (non-hydrogen) atoms. The Bertz CT molecular complexity index is 273. The lowest BCUT2D eigenvalue weighted by Crippen LogP contribution is -2.22. The van der Waals surface area contributed by atoms with Crippen LogP contribution in [0.4, 0.5) is 0 Å². The van der Waals surface area contributed by atoms with Gasteiger partial charge in [-0.15, -0.1) is 0 Å². The number of nitrogens with one attached hydrogen (secondary N) is 2. The molecule has 2 aliphatic rings. The van der Waals surface area contributed by atoms with E-state index >= 15 is 0 Å². The number of hydrogen-bond acceptors (Lipinski definition) is 1. The van der Waals surface area contributed by atoms with Gasteiger partial charge in [0, 0.05) is 30.9 Å². The second kappa shape index (κ2) is 2.36. The van der Waals surface area contributed by atoms with Crippen LogP contribution >= 0.6 is 0 Å². The summed E-state index contributed by atoms with van der Waals surface area (Å²) in [7, 11) is 0. The quantitative estimate of drug-likeness (QED) is 0.644. The van der Waals surface area contributed by atoms with Crippen LogP contribution in [0, 0.1) is 0 Å². The van der Waals surface area contributed by atoms with Crippen molar-refractivity contribution >= 4 is 0 Å². The van der Waals surface area contributed by atoms with E-state index < -0.39 is 0 Å². The van der Waals surface area contributed by atoms with Crippen LogP contribution in [0.25, 0.3) is 0 Å². The molecule has 1 aromatic heterocycles. The third kappa shape index (κ3) is 0.985. The first-order valence-electron chi connectivity index (χ1n) is 4.85. The van der Waals surface area contributed by atoms with Crippen molar-refractivity contribution in [3.63, 3.8) is 0 Å². The molecule has 0 unspecified atom stereocenters. The monoisotopic (exact) mass is 162 g/mol. The van der Waals surface area contributed by atoms with Crippen LogP contribution in [0.5, 0.6) is 0 Å².